The molecule has 0 radical (unpaired) electrons. The molecule has 0 N–H and O–H groups in total. The van der Waals surface area contributed by atoms with Gasteiger partial charge in [0.25, 0.3) is 0 Å². The van der Waals surface area contributed by atoms with Crippen molar-refractivity contribution in [3.05, 3.63) is 58.6 Å². The van der Waals surface area contributed by atoms with Gasteiger partial charge < -0.3 is 4.74 Å². The molecule has 2 heterocycles. The molecular formula is C20H16BrNO4. The predicted molar refractivity (Wildman–Crippen MR) is 98.7 cm³/mol. The molecule has 2 aromatic carbocycles. The highest BCUT2D eigenvalue weighted by molar-refractivity contribution is 9.10. The lowest BCUT2D eigenvalue weighted by molar-refractivity contribution is -0.151. The summed E-state index contributed by atoms with van der Waals surface area (Å²) in [5.74, 6) is -2.89. The molecule has 132 valence electrons. The van der Waals surface area contributed by atoms with Crippen LogP contribution in [0.3, 0.4) is 0 Å². The Bertz CT molecular complexity index is 908. The van der Waals surface area contributed by atoms with E-state index >= 15 is 0 Å². The summed E-state index contributed by atoms with van der Waals surface area (Å²) in [7, 11) is 0. The van der Waals surface area contributed by atoms with Crippen molar-refractivity contribution in [3.8, 4) is 5.75 Å². The van der Waals surface area contributed by atoms with Crippen LogP contribution in [0.2, 0.25) is 0 Å². The number of esters is 1. The summed E-state index contributed by atoms with van der Waals surface area (Å²) in [6.07, 6.45) is 0.530. The molecule has 2 aromatic rings. The Balaban J connectivity index is 1.84. The van der Waals surface area contributed by atoms with Gasteiger partial charge in [-0.15, -0.1) is 0 Å². The predicted octanol–water partition coefficient (Wildman–Crippen LogP) is 3.67. The van der Waals surface area contributed by atoms with Crippen molar-refractivity contribution in [2.24, 2.45) is 11.8 Å². The quantitative estimate of drug-likeness (QED) is 0.326. The summed E-state index contributed by atoms with van der Waals surface area (Å²) in [6, 6.07) is 14.0. The van der Waals surface area contributed by atoms with Crippen LogP contribution in [0, 0.1) is 11.8 Å². The van der Waals surface area contributed by atoms with Gasteiger partial charge >= 0.3 is 5.97 Å². The number of imide groups is 1. The number of halogens is 1. The van der Waals surface area contributed by atoms with E-state index in [2.05, 4.69) is 15.9 Å². The summed E-state index contributed by atoms with van der Waals surface area (Å²) in [6.45, 7) is 1.90. The van der Waals surface area contributed by atoms with Gasteiger partial charge in [-0.3, -0.25) is 14.4 Å². The van der Waals surface area contributed by atoms with Crippen LogP contribution in [-0.2, 0) is 14.4 Å². The maximum absolute atomic E-state index is 13.2. The molecule has 6 heteroatoms. The van der Waals surface area contributed by atoms with Crippen molar-refractivity contribution in [1.82, 2.24) is 0 Å². The van der Waals surface area contributed by atoms with Gasteiger partial charge in [0.15, 0.2) is 0 Å². The molecule has 0 aromatic heterocycles. The van der Waals surface area contributed by atoms with Gasteiger partial charge in [-0.2, -0.15) is 0 Å². The van der Waals surface area contributed by atoms with Crippen LogP contribution in [0.4, 0.5) is 5.69 Å². The van der Waals surface area contributed by atoms with E-state index in [1.54, 1.807) is 36.4 Å². The number of amides is 2. The first-order valence-corrected chi connectivity index (χ1v) is 9.26. The van der Waals surface area contributed by atoms with Gasteiger partial charge in [-0.1, -0.05) is 41.1 Å². The largest absolute Gasteiger partial charge is 0.426 e. The number of rotatable bonds is 2. The summed E-state index contributed by atoms with van der Waals surface area (Å²) < 4.78 is 6.24. The second kappa shape index (κ2) is 6.36. The third-order valence-corrected chi connectivity index (χ3v) is 5.61. The van der Waals surface area contributed by atoms with Gasteiger partial charge in [0.05, 0.1) is 5.69 Å². The smallest absolute Gasteiger partial charge is 0.324 e. The van der Waals surface area contributed by atoms with E-state index in [-0.39, 0.29) is 5.91 Å². The summed E-state index contributed by atoms with van der Waals surface area (Å²) in [5, 5.41) is 0. The standard InChI is InChI=1S/C20H16BrNO4/c1-2-13-16-14-5-3-4-6-15(14)26-20(25)17(16)19(24)22(18(13)23)12-9-7-11(21)8-10-12/h3-10,13,16-17H,2H2,1H3/t13-,16+,17+/m1/s1. The van der Waals surface area contributed by atoms with Crippen molar-refractivity contribution < 1.29 is 19.1 Å². The molecule has 0 bridgehead atoms. The molecule has 26 heavy (non-hydrogen) atoms. The lowest BCUT2D eigenvalue weighted by Crippen LogP contribution is -2.57. The zero-order valence-corrected chi connectivity index (χ0v) is 15.6. The number of anilines is 1. The maximum Gasteiger partial charge on any atom is 0.324 e. The van der Waals surface area contributed by atoms with Crippen molar-refractivity contribution in [2.45, 2.75) is 19.3 Å². The SMILES string of the molecule is CC[C@H]1C(=O)N(c2ccc(Br)cc2)C(=O)[C@H]2C(=O)Oc3ccccc3[C@@H]21. The summed E-state index contributed by atoms with van der Waals surface area (Å²) in [4.78, 5) is 40.0. The molecule has 0 spiro atoms. The first kappa shape index (κ1) is 17.0. The molecule has 2 amide bonds. The van der Waals surface area contributed by atoms with Crippen LogP contribution in [0.15, 0.2) is 53.0 Å². The summed E-state index contributed by atoms with van der Waals surface area (Å²) in [5.41, 5.74) is 1.22. The minimum absolute atomic E-state index is 0.273. The molecular weight excluding hydrogens is 398 g/mol. The van der Waals surface area contributed by atoms with Crippen LogP contribution in [-0.4, -0.2) is 17.8 Å². The van der Waals surface area contributed by atoms with E-state index in [1.165, 1.54) is 0 Å². The fourth-order valence-electron chi connectivity index (χ4n) is 3.89. The zero-order valence-electron chi connectivity index (χ0n) is 14.0. The number of para-hydroxylation sites is 1. The normalized spacial score (nSPS) is 24.8. The van der Waals surface area contributed by atoms with Crippen molar-refractivity contribution in [1.29, 1.82) is 0 Å². The van der Waals surface area contributed by atoms with Gasteiger partial charge in [0, 0.05) is 21.9 Å². The lowest BCUT2D eigenvalue weighted by Gasteiger charge is -2.42. The first-order valence-electron chi connectivity index (χ1n) is 8.47. The number of carbonyl (C=O) groups is 3. The Hall–Kier alpha value is -2.47. The number of fused-ring (bicyclic) bond motifs is 3. The molecule has 0 unspecified atom stereocenters. The highest BCUT2D eigenvalue weighted by Gasteiger charge is 2.55. The second-order valence-corrected chi connectivity index (χ2v) is 7.38. The van der Waals surface area contributed by atoms with E-state index in [0.29, 0.717) is 17.9 Å². The second-order valence-electron chi connectivity index (χ2n) is 6.47. The zero-order chi connectivity index (χ0) is 18.4. The van der Waals surface area contributed by atoms with Crippen molar-refractivity contribution in [2.75, 3.05) is 4.90 Å². The van der Waals surface area contributed by atoms with Crippen molar-refractivity contribution >= 4 is 39.4 Å². The van der Waals surface area contributed by atoms with E-state index in [9.17, 15) is 14.4 Å². The third kappa shape index (κ3) is 2.48. The minimum Gasteiger partial charge on any atom is -0.426 e. The molecule has 0 saturated carbocycles. The number of piperidine rings is 1. The number of carbonyl (C=O) groups excluding carboxylic acids is 3. The maximum atomic E-state index is 13.2. The lowest BCUT2D eigenvalue weighted by atomic mass is 9.70. The summed E-state index contributed by atoms with van der Waals surface area (Å²) >= 11 is 3.35. The average molecular weight is 414 g/mol. The average Bonchev–Trinajstić information content (AvgIpc) is 2.63. The fourth-order valence-corrected chi connectivity index (χ4v) is 4.16. The highest BCUT2D eigenvalue weighted by Crippen LogP contribution is 2.48. The van der Waals surface area contributed by atoms with Crippen LogP contribution in [0.1, 0.15) is 24.8 Å². The molecule has 2 aliphatic heterocycles. The van der Waals surface area contributed by atoms with Gasteiger partial charge in [0.2, 0.25) is 11.8 Å². The third-order valence-electron chi connectivity index (χ3n) is 5.08. The van der Waals surface area contributed by atoms with Gasteiger partial charge in [-0.05, 0) is 36.8 Å². The molecule has 1 saturated heterocycles. The van der Waals surface area contributed by atoms with E-state index in [4.69, 9.17) is 4.74 Å². The molecule has 3 atom stereocenters. The van der Waals surface area contributed by atoms with Crippen molar-refractivity contribution in [3.63, 3.8) is 0 Å². The van der Waals surface area contributed by atoms with Crippen LogP contribution < -0.4 is 9.64 Å². The number of ether oxygens (including phenoxy) is 1. The Morgan fingerprint density at radius 1 is 1.00 bits per heavy atom. The van der Waals surface area contributed by atoms with Crippen LogP contribution >= 0.6 is 15.9 Å². The van der Waals surface area contributed by atoms with E-state index < -0.39 is 29.6 Å². The van der Waals surface area contributed by atoms with E-state index in [1.807, 2.05) is 19.1 Å². The number of benzene rings is 2. The Labute approximate surface area is 159 Å². The Morgan fingerprint density at radius 2 is 1.69 bits per heavy atom. The number of hydrogen-bond donors (Lipinski definition) is 0. The topological polar surface area (TPSA) is 63.7 Å². The molecule has 5 nitrogen and oxygen atoms in total. The molecule has 4 rings (SSSR count). The van der Waals surface area contributed by atoms with Crippen LogP contribution in [0.5, 0.6) is 5.75 Å². The number of hydrogen-bond acceptors (Lipinski definition) is 4. The van der Waals surface area contributed by atoms with E-state index in [0.717, 1.165) is 14.9 Å². The highest BCUT2D eigenvalue weighted by atomic mass is 79.9. The first-order chi connectivity index (χ1) is 12.5. The fraction of sp³-hybridized carbons (Fsp3) is 0.250. The van der Waals surface area contributed by atoms with Gasteiger partial charge in [0.1, 0.15) is 11.7 Å². The number of nitrogens with zero attached hydrogens (tertiary/aromatic N) is 1. The molecule has 2 aliphatic rings. The molecule has 0 aliphatic carbocycles. The molecule has 1 fully saturated rings. The van der Waals surface area contributed by atoms with Gasteiger partial charge in [-0.25, -0.2) is 4.90 Å². The monoisotopic (exact) mass is 413 g/mol. The minimum atomic E-state index is -1.00. The Morgan fingerprint density at radius 3 is 2.38 bits per heavy atom. The Kier molecular flexibility index (Phi) is 4.15. The van der Waals surface area contributed by atoms with Crippen LogP contribution in [0.25, 0.3) is 0 Å².